The average Bonchev–Trinajstić information content (AvgIpc) is 2.55. The van der Waals surface area contributed by atoms with Crippen molar-refractivity contribution in [3.8, 4) is 0 Å². The minimum Gasteiger partial charge on any atom is -0.205 e. The standard InChI is InChI=1S/C22H40N/c1-4-7-10-11-14-17-23-19-21(15-12-8-5-2)18-22(20-23)16-13-9-6-3/h18-20H,4-17H2,1-3H3/q+1. The fraction of sp³-hybridized carbons (Fsp3) is 0.773. The molecule has 1 aromatic rings. The highest BCUT2D eigenvalue weighted by atomic mass is 14.9. The molecular weight excluding hydrogens is 278 g/mol. The highest BCUT2D eigenvalue weighted by Gasteiger charge is 2.08. The van der Waals surface area contributed by atoms with Gasteiger partial charge in [-0.15, -0.1) is 0 Å². The fourth-order valence-electron chi connectivity index (χ4n) is 3.23. The van der Waals surface area contributed by atoms with Gasteiger partial charge in [0.2, 0.25) is 0 Å². The lowest BCUT2D eigenvalue weighted by Gasteiger charge is -2.06. The van der Waals surface area contributed by atoms with E-state index in [1.165, 1.54) is 90.0 Å². The van der Waals surface area contributed by atoms with Gasteiger partial charge in [0.1, 0.15) is 6.54 Å². The third-order valence-corrected chi connectivity index (χ3v) is 4.69. The van der Waals surface area contributed by atoms with E-state index in [0.29, 0.717) is 0 Å². The first kappa shape index (κ1) is 20.2. The van der Waals surface area contributed by atoms with Gasteiger partial charge in [-0.05, 0) is 38.2 Å². The van der Waals surface area contributed by atoms with Gasteiger partial charge in [-0.25, -0.2) is 4.57 Å². The van der Waals surface area contributed by atoms with Crippen LogP contribution in [0.3, 0.4) is 0 Å². The van der Waals surface area contributed by atoms with Gasteiger partial charge < -0.3 is 0 Å². The van der Waals surface area contributed by atoms with Crippen LogP contribution in [0.1, 0.15) is 103 Å². The Labute approximate surface area is 145 Å². The number of pyridine rings is 1. The summed E-state index contributed by atoms with van der Waals surface area (Å²) in [6.45, 7) is 8.07. The van der Waals surface area contributed by atoms with Crippen LogP contribution in [0.2, 0.25) is 0 Å². The van der Waals surface area contributed by atoms with E-state index < -0.39 is 0 Å². The Kier molecular flexibility index (Phi) is 11.9. The molecule has 0 bridgehead atoms. The molecule has 0 amide bonds. The third-order valence-electron chi connectivity index (χ3n) is 4.69. The van der Waals surface area contributed by atoms with E-state index in [1.54, 1.807) is 11.1 Å². The smallest absolute Gasteiger partial charge is 0.171 e. The zero-order valence-electron chi connectivity index (χ0n) is 16.1. The Morgan fingerprint density at radius 2 is 1.09 bits per heavy atom. The van der Waals surface area contributed by atoms with Crippen molar-refractivity contribution in [2.24, 2.45) is 0 Å². The summed E-state index contributed by atoms with van der Waals surface area (Å²) in [6, 6.07) is 2.47. The van der Waals surface area contributed by atoms with Crippen molar-refractivity contribution in [1.29, 1.82) is 0 Å². The molecule has 0 saturated carbocycles. The summed E-state index contributed by atoms with van der Waals surface area (Å²) in [5.41, 5.74) is 3.11. The van der Waals surface area contributed by atoms with E-state index in [9.17, 15) is 0 Å². The zero-order chi connectivity index (χ0) is 16.8. The summed E-state index contributed by atoms with van der Waals surface area (Å²) >= 11 is 0. The van der Waals surface area contributed by atoms with Crippen LogP contribution in [-0.4, -0.2) is 0 Å². The van der Waals surface area contributed by atoms with E-state index in [0.717, 1.165) is 0 Å². The first-order valence-corrected chi connectivity index (χ1v) is 10.3. The number of nitrogens with zero attached hydrogens (tertiary/aromatic N) is 1. The molecule has 1 aromatic heterocycles. The molecule has 1 heteroatoms. The summed E-state index contributed by atoms with van der Waals surface area (Å²) in [5.74, 6) is 0. The molecule has 0 aliphatic carbocycles. The predicted octanol–water partition coefficient (Wildman–Crippen LogP) is 6.41. The van der Waals surface area contributed by atoms with Crippen LogP contribution in [0.15, 0.2) is 18.5 Å². The van der Waals surface area contributed by atoms with E-state index in [1.807, 2.05) is 0 Å². The first-order chi connectivity index (χ1) is 11.3. The van der Waals surface area contributed by atoms with Crippen LogP contribution >= 0.6 is 0 Å². The molecule has 0 atom stereocenters. The lowest BCUT2D eigenvalue weighted by atomic mass is 10.0. The van der Waals surface area contributed by atoms with Crippen molar-refractivity contribution in [2.75, 3.05) is 0 Å². The maximum Gasteiger partial charge on any atom is 0.171 e. The van der Waals surface area contributed by atoms with E-state index in [2.05, 4.69) is 43.8 Å². The van der Waals surface area contributed by atoms with E-state index >= 15 is 0 Å². The van der Waals surface area contributed by atoms with Gasteiger partial charge in [-0.3, -0.25) is 0 Å². The fourth-order valence-corrected chi connectivity index (χ4v) is 3.23. The van der Waals surface area contributed by atoms with Crippen LogP contribution in [0.4, 0.5) is 0 Å². The summed E-state index contributed by atoms with van der Waals surface area (Å²) in [5, 5.41) is 0. The number of aryl methyl sites for hydroxylation is 3. The highest BCUT2D eigenvalue weighted by Crippen LogP contribution is 2.11. The molecule has 0 unspecified atom stereocenters. The van der Waals surface area contributed by atoms with Crippen molar-refractivity contribution in [3.63, 3.8) is 0 Å². The molecule has 132 valence electrons. The molecule has 0 saturated heterocycles. The first-order valence-electron chi connectivity index (χ1n) is 10.3. The van der Waals surface area contributed by atoms with Crippen molar-refractivity contribution in [2.45, 2.75) is 111 Å². The number of hydrogen-bond acceptors (Lipinski definition) is 0. The summed E-state index contributed by atoms with van der Waals surface area (Å²) in [7, 11) is 0. The van der Waals surface area contributed by atoms with Crippen LogP contribution in [0.5, 0.6) is 0 Å². The maximum absolute atomic E-state index is 2.48. The molecule has 0 spiro atoms. The second-order valence-electron chi connectivity index (χ2n) is 7.12. The Bertz CT molecular complexity index is 369. The predicted molar refractivity (Wildman–Crippen MR) is 102 cm³/mol. The van der Waals surface area contributed by atoms with Crippen LogP contribution in [-0.2, 0) is 19.4 Å². The molecular formula is C22H40N+. The van der Waals surface area contributed by atoms with Gasteiger partial charge in [0, 0.05) is 17.5 Å². The summed E-state index contributed by atoms with van der Waals surface area (Å²) < 4.78 is 2.48. The summed E-state index contributed by atoms with van der Waals surface area (Å²) in [4.78, 5) is 0. The topological polar surface area (TPSA) is 3.88 Å². The van der Waals surface area contributed by atoms with Crippen molar-refractivity contribution in [3.05, 3.63) is 29.6 Å². The lowest BCUT2D eigenvalue weighted by Crippen LogP contribution is -2.34. The molecule has 0 N–H and O–H groups in total. The Morgan fingerprint density at radius 3 is 1.61 bits per heavy atom. The Hall–Kier alpha value is -0.850. The Balaban J connectivity index is 2.57. The van der Waals surface area contributed by atoms with Gasteiger partial charge in [0.25, 0.3) is 0 Å². The zero-order valence-corrected chi connectivity index (χ0v) is 16.1. The van der Waals surface area contributed by atoms with Crippen LogP contribution in [0, 0.1) is 0 Å². The second-order valence-corrected chi connectivity index (χ2v) is 7.12. The SMILES string of the molecule is CCCCCCC[n+]1cc(CCCCC)cc(CCCCC)c1. The highest BCUT2D eigenvalue weighted by molar-refractivity contribution is 5.15. The molecule has 1 nitrogen and oxygen atoms in total. The van der Waals surface area contributed by atoms with E-state index in [-0.39, 0.29) is 0 Å². The molecule has 0 radical (unpaired) electrons. The lowest BCUT2D eigenvalue weighted by molar-refractivity contribution is -0.698. The van der Waals surface area contributed by atoms with Crippen molar-refractivity contribution in [1.82, 2.24) is 0 Å². The number of aromatic nitrogens is 1. The largest absolute Gasteiger partial charge is 0.205 e. The van der Waals surface area contributed by atoms with Gasteiger partial charge >= 0.3 is 0 Å². The van der Waals surface area contributed by atoms with Crippen LogP contribution in [0.25, 0.3) is 0 Å². The monoisotopic (exact) mass is 318 g/mol. The molecule has 0 aromatic carbocycles. The molecule has 0 fully saturated rings. The minimum atomic E-state index is 1.20. The van der Waals surface area contributed by atoms with Gasteiger partial charge in [-0.2, -0.15) is 0 Å². The number of unbranched alkanes of at least 4 members (excludes halogenated alkanes) is 8. The Morgan fingerprint density at radius 1 is 0.609 bits per heavy atom. The molecule has 1 rings (SSSR count). The number of hydrogen-bond donors (Lipinski definition) is 0. The number of rotatable bonds is 14. The van der Waals surface area contributed by atoms with Gasteiger partial charge in [-0.1, -0.05) is 65.7 Å². The molecule has 23 heavy (non-hydrogen) atoms. The minimum absolute atomic E-state index is 1.20. The third kappa shape index (κ3) is 9.79. The quantitative estimate of drug-likeness (QED) is 0.275. The average molecular weight is 319 g/mol. The normalized spacial score (nSPS) is 11.1. The van der Waals surface area contributed by atoms with Gasteiger partial charge in [0.05, 0.1) is 0 Å². The summed E-state index contributed by atoms with van der Waals surface area (Å²) in [6.07, 6.45) is 22.2. The van der Waals surface area contributed by atoms with Crippen LogP contribution < -0.4 is 4.57 Å². The molecule has 0 aliphatic heterocycles. The van der Waals surface area contributed by atoms with Gasteiger partial charge in [0.15, 0.2) is 12.4 Å². The van der Waals surface area contributed by atoms with E-state index in [4.69, 9.17) is 0 Å². The molecule has 0 aliphatic rings. The van der Waals surface area contributed by atoms with Crippen molar-refractivity contribution < 1.29 is 4.57 Å². The maximum atomic E-state index is 2.48. The molecule has 1 heterocycles. The van der Waals surface area contributed by atoms with Crippen molar-refractivity contribution >= 4 is 0 Å². The second kappa shape index (κ2) is 13.6.